The Morgan fingerprint density at radius 2 is 2.00 bits per heavy atom. The maximum Gasteiger partial charge on any atom is 0.104 e. The van der Waals surface area contributed by atoms with Crippen LogP contribution in [0.5, 0.6) is 0 Å². The molecule has 4 heteroatoms. The Kier molecular flexibility index (Phi) is 16.2. The van der Waals surface area contributed by atoms with E-state index in [1.807, 2.05) is 0 Å². The zero-order chi connectivity index (χ0) is 5.54. The molecule has 0 unspecified atom stereocenters. The second kappa shape index (κ2) is 11.0. The molecule has 0 fully saturated rings. The van der Waals surface area contributed by atoms with Gasteiger partial charge in [-0.25, -0.2) is 7.11 Å². The molecule has 3 radical (unpaired) electrons. The summed E-state index contributed by atoms with van der Waals surface area (Å²) in [5.74, 6) is 0. The van der Waals surface area contributed by atoms with Crippen molar-refractivity contribution in [3.05, 3.63) is 7.11 Å². The fraction of sp³-hybridized carbons (Fsp3) is 0.750. The first kappa shape index (κ1) is 11.8. The first-order chi connectivity index (χ1) is 3.41. The monoisotopic (exact) mass is 188 g/mol. The molecule has 8 heavy (non-hydrogen) atoms. The van der Waals surface area contributed by atoms with Gasteiger partial charge in [0.2, 0.25) is 0 Å². The Morgan fingerprint density at radius 1 is 1.38 bits per heavy atom. The molecule has 0 aromatic rings. The molecule has 0 N–H and O–H groups in total. The van der Waals surface area contributed by atoms with Crippen LogP contribution in [-0.2, 0) is 42.2 Å². The van der Waals surface area contributed by atoms with Crippen molar-refractivity contribution in [2.24, 2.45) is 0 Å². The van der Waals surface area contributed by atoms with Crippen LogP contribution < -0.4 is 0 Å². The molecule has 2 nitrogen and oxygen atoms in total. The van der Waals surface area contributed by atoms with Crippen molar-refractivity contribution in [2.45, 2.75) is 0 Å². The minimum absolute atomic E-state index is 0. The fourth-order valence-corrected chi connectivity index (χ4v) is 0.201. The summed E-state index contributed by atoms with van der Waals surface area (Å²) in [7, 11) is 8.11. The van der Waals surface area contributed by atoms with E-state index in [2.05, 4.69) is 16.6 Å². The second-order valence-corrected chi connectivity index (χ2v) is 0.983. The molecule has 0 aromatic heterocycles. The van der Waals surface area contributed by atoms with Gasteiger partial charge in [0.15, 0.2) is 0 Å². The molecule has 0 aliphatic heterocycles. The summed E-state index contributed by atoms with van der Waals surface area (Å²) in [6, 6.07) is 0. The van der Waals surface area contributed by atoms with Crippen LogP contribution in [0.3, 0.4) is 0 Å². The van der Waals surface area contributed by atoms with E-state index < -0.39 is 0 Å². The van der Waals surface area contributed by atoms with Gasteiger partial charge in [0.25, 0.3) is 0 Å². The van der Waals surface area contributed by atoms with Crippen molar-refractivity contribution in [3.8, 4) is 0 Å². The van der Waals surface area contributed by atoms with Crippen LogP contribution in [0.2, 0.25) is 0 Å². The summed E-state index contributed by atoms with van der Waals surface area (Å²) in [5, 5.41) is 0. The average Bonchev–Trinajstić information content (AvgIpc) is 1.69. The van der Waals surface area contributed by atoms with Crippen molar-refractivity contribution >= 4 is 7.85 Å². The number of rotatable bonds is 4. The molecule has 0 bridgehead atoms. The molecular weight excluding hydrogens is 180 g/mol. The van der Waals surface area contributed by atoms with Gasteiger partial charge in [0.1, 0.15) is 7.85 Å². The molecule has 0 saturated heterocycles. The van der Waals surface area contributed by atoms with Gasteiger partial charge in [-0.15, -0.1) is 0 Å². The van der Waals surface area contributed by atoms with E-state index in [0.29, 0.717) is 13.2 Å². The van der Waals surface area contributed by atoms with E-state index in [4.69, 9.17) is 7.85 Å². The first-order valence-electron chi connectivity index (χ1n) is 2.06. The summed E-state index contributed by atoms with van der Waals surface area (Å²) in [4.78, 5) is 0. The van der Waals surface area contributed by atoms with Crippen LogP contribution in [-0.4, -0.2) is 27.6 Å². The number of hydrogen-bond acceptors (Lipinski definition) is 2. The maximum absolute atomic E-state index is 4.97. The molecule has 0 spiro atoms. The van der Waals surface area contributed by atoms with E-state index in [9.17, 15) is 0 Å². The van der Waals surface area contributed by atoms with Gasteiger partial charge < -0.3 is 9.47 Å². The van der Waals surface area contributed by atoms with E-state index in [1.54, 1.807) is 0 Å². The molecule has 0 aliphatic rings. The molecule has 0 atom stereocenters. The van der Waals surface area contributed by atoms with Gasteiger partial charge in [-0.2, -0.15) is 0 Å². The van der Waals surface area contributed by atoms with Crippen LogP contribution in [0.25, 0.3) is 0 Å². The topological polar surface area (TPSA) is 18.5 Å². The van der Waals surface area contributed by atoms with Gasteiger partial charge in [-0.3, -0.25) is 0 Å². The quantitative estimate of drug-likeness (QED) is 0.349. The minimum Gasteiger partial charge on any atom is -0.553 e. The van der Waals surface area contributed by atoms with E-state index in [0.717, 1.165) is 0 Å². The van der Waals surface area contributed by atoms with Crippen LogP contribution in [0.4, 0.5) is 0 Å². The van der Waals surface area contributed by atoms with Crippen molar-refractivity contribution in [1.82, 2.24) is 0 Å². The zero-order valence-corrected chi connectivity index (χ0v) is 7.64. The summed E-state index contributed by atoms with van der Waals surface area (Å²) < 4.78 is 9.10. The molecule has 0 amide bonds. The Labute approximate surface area is 76.6 Å². The van der Waals surface area contributed by atoms with E-state index >= 15 is 0 Å². The average molecular weight is 188 g/mol. The molecule has 0 heterocycles. The maximum atomic E-state index is 4.97. The Morgan fingerprint density at radius 3 is 2.38 bits per heavy atom. The van der Waals surface area contributed by atoms with Gasteiger partial charge in [-0.1, -0.05) is 0 Å². The normalized spacial score (nSPS) is 8.12. The summed E-state index contributed by atoms with van der Waals surface area (Å²) in [5.41, 5.74) is 0. The number of ether oxygens (including phenoxy) is 2. The number of hydrogen-bond donors (Lipinski definition) is 0. The van der Waals surface area contributed by atoms with Gasteiger partial charge in [-0.05, 0) is 0 Å². The second-order valence-electron chi connectivity index (χ2n) is 0.983. The van der Waals surface area contributed by atoms with Crippen LogP contribution in [0.1, 0.15) is 0 Å². The minimum atomic E-state index is 0. The molecule has 0 aliphatic carbocycles. The summed E-state index contributed by atoms with van der Waals surface area (Å²) in [6.07, 6.45) is 0. The third-order valence-electron chi connectivity index (χ3n) is 0.490. The van der Waals surface area contributed by atoms with Crippen LogP contribution in [0.15, 0.2) is 0 Å². The van der Waals surface area contributed by atoms with Crippen molar-refractivity contribution in [1.29, 1.82) is 0 Å². The molecular formula is C4H8BO2Y-. The first-order valence-corrected chi connectivity index (χ1v) is 2.06. The third kappa shape index (κ3) is 10.1. The largest absolute Gasteiger partial charge is 0.553 e. The zero-order valence-electron chi connectivity index (χ0n) is 4.80. The Balaban J connectivity index is 0. The third-order valence-corrected chi connectivity index (χ3v) is 0.490. The van der Waals surface area contributed by atoms with Gasteiger partial charge in [0, 0.05) is 45.8 Å². The molecule has 0 saturated carbocycles. The predicted molar refractivity (Wildman–Crippen MR) is 27.9 cm³/mol. The van der Waals surface area contributed by atoms with Crippen molar-refractivity contribution in [2.75, 3.05) is 19.7 Å². The molecule has 0 rings (SSSR count). The van der Waals surface area contributed by atoms with Gasteiger partial charge in [0.05, 0.1) is 6.61 Å². The van der Waals surface area contributed by atoms with E-state index in [1.165, 1.54) is 0 Å². The van der Waals surface area contributed by atoms with Crippen molar-refractivity contribution in [3.63, 3.8) is 0 Å². The van der Waals surface area contributed by atoms with Crippen LogP contribution in [0, 0.1) is 7.11 Å². The summed E-state index contributed by atoms with van der Waals surface area (Å²) >= 11 is 0. The fourth-order valence-electron chi connectivity index (χ4n) is 0.201. The SMILES string of the molecule is [B]COCCO[CH2-].[Y]. The van der Waals surface area contributed by atoms with Crippen molar-refractivity contribution < 1.29 is 42.2 Å². The van der Waals surface area contributed by atoms with Crippen LogP contribution >= 0.6 is 0 Å². The summed E-state index contributed by atoms with van der Waals surface area (Å²) in [6.45, 7) is 1.29. The molecule has 0 aromatic carbocycles. The predicted octanol–water partition coefficient (Wildman–Crippen LogP) is -0.0653. The van der Waals surface area contributed by atoms with Gasteiger partial charge >= 0.3 is 0 Å². The smallest absolute Gasteiger partial charge is 0.104 e. The Hall–Kier alpha value is 1.09. The standard InChI is InChI=1S/C4H8BO2.Y/c1-6-2-3-7-4-5;/h1-4H2;/q-1;. The molecule has 43 valence electrons. The Bertz CT molecular complexity index is 33.2. The van der Waals surface area contributed by atoms with E-state index in [-0.39, 0.29) is 39.2 Å².